The summed E-state index contributed by atoms with van der Waals surface area (Å²) in [6.45, 7) is 3.16. The summed E-state index contributed by atoms with van der Waals surface area (Å²) >= 11 is 1.74. The molecule has 0 spiro atoms. The quantitative estimate of drug-likeness (QED) is 0.151. The number of carbonyl (C=O) groups excluding carboxylic acids is 2. The third kappa shape index (κ3) is 6.13. The Kier molecular flexibility index (Phi) is 8.56. The van der Waals surface area contributed by atoms with Gasteiger partial charge in [-0.15, -0.1) is 0 Å². The van der Waals surface area contributed by atoms with Gasteiger partial charge in [0.05, 0.1) is 22.8 Å². The molecule has 0 aromatic heterocycles. The summed E-state index contributed by atoms with van der Waals surface area (Å²) in [5.41, 5.74) is 12.9. The number of allylic oxidation sites excluding steroid dienone is 2. The SMILES string of the molecule is CC(=O)c1cccc(N=C2C(c3ccccc3)=C(SC3=C(c4ccccc4)C(=Nc4cccc(C(C)=O)c4)c4ccccc43)c3ccccc32)c1. The van der Waals surface area contributed by atoms with Gasteiger partial charge in [-0.3, -0.25) is 9.59 Å². The van der Waals surface area contributed by atoms with Crippen molar-refractivity contribution in [2.75, 3.05) is 0 Å². The first-order valence-corrected chi connectivity index (χ1v) is 17.6. The minimum absolute atomic E-state index is 0.00436. The number of hydrogen-bond donors (Lipinski definition) is 0. The molecule has 0 heterocycles. The van der Waals surface area contributed by atoms with Crippen molar-refractivity contribution in [2.45, 2.75) is 13.8 Å². The Hall–Kier alpha value is -6.17. The van der Waals surface area contributed by atoms with Crippen LogP contribution in [0.2, 0.25) is 0 Å². The van der Waals surface area contributed by atoms with E-state index in [0.717, 1.165) is 77.1 Å². The lowest BCUT2D eigenvalue weighted by Gasteiger charge is -2.13. The molecule has 8 rings (SSSR count). The maximum atomic E-state index is 12.3. The van der Waals surface area contributed by atoms with Crippen molar-refractivity contribution < 1.29 is 9.59 Å². The highest BCUT2D eigenvalue weighted by molar-refractivity contribution is 8.17. The van der Waals surface area contributed by atoms with E-state index in [0.29, 0.717) is 11.1 Å². The van der Waals surface area contributed by atoms with Crippen molar-refractivity contribution in [3.05, 3.63) is 202 Å². The summed E-state index contributed by atoms with van der Waals surface area (Å²) < 4.78 is 0. The van der Waals surface area contributed by atoms with Gasteiger partial charge >= 0.3 is 0 Å². The molecule has 0 aliphatic heterocycles. The van der Waals surface area contributed by atoms with E-state index in [2.05, 4.69) is 97.1 Å². The number of fused-ring (bicyclic) bond motifs is 2. The molecule has 2 aliphatic rings. The number of Topliss-reactive ketones (excluding diaryl/α,β-unsaturated/α-hetero) is 2. The Morgan fingerprint density at radius 3 is 1.20 bits per heavy atom. The number of hydrogen-bond acceptors (Lipinski definition) is 5. The van der Waals surface area contributed by atoms with E-state index in [1.807, 2.05) is 60.7 Å². The summed E-state index contributed by atoms with van der Waals surface area (Å²) in [6, 6.07) is 52.7. The average molecular weight is 677 g/mol. The number of ketones is 2. The van der Waals surface area contributed by atoms with Gasteiger partial charge in [0.25, 0.3) is 0 Å². The van der Waals surface area contributed by atoms with Gasteiger partial charge in [0.15, 0.2) is 11.6 Å². The van der Waals surface area contributed by atoms with Gasteiger partial charge in [-0.25, -0.2) is 9.98 Å². The molecule has 51 heavy (non-hydrogen) atoms. The fourth-order valence-corrected chi connectivity index (χ4v) is 8.08. The van der Waals surface area contributed by atoms with Gasteiger partial charge in [0, 0.05) is 43.2 Å². The summed E-state index contributed by atoms with van der Waals surface area (Å²) in [5.74, 6) is 0.00872. The van der Waals surface area contributed by atoms with E-state index >= 15 is 0 Å². The van der Waals surface area contributed by atoms with Crippen molar-refractivity contribution in [3.63, 3.8) is 0 Å². The number of aliphatic imine (C=N–C) groups is 2. The Labute approximate surface area is 301 Å². The van der Waals surface area contributed by atoms with E-state index in [9.17, 15) is 9.59 Å². The molecule has 0 saturated carbocycles. The first-order valence-electron chi connectivity index (χ1n) is 16.8. The van der Waals surface area contributed by atoms with Crippen LogP contribution in [0.15, 0.2) is 168 Å². The Morgan fingerprint density at radius 1 is 0.431 bits per heavy atom. The standard InChI is InChI=1S/C46H32N2O2S/c1-29(49)33-19-13-21-35(27-33)47-43-37-23-9-11-25-39(37)45(41(43)31-15-5-3-6-16-31)51-46-40-26-12-10-24-38(40)44(42(46)32-17-7-4-8-18-32)48-36-22-14-20-34(28-36)30(2)50/h3-28H,1-2H3. The fourth-order valence-electron chi connectivity index (χ4n) is 6.67. The summed E-state index contributed by atoms with van der Waals surface area (Å²) in [4.78, 5) is 37.3. The van der Waals surface area contributed by atoms with Crippen LogP contribution in [0.3, 0.4) is 0 Å². The number of benzene rings is 6. The molecule has 0 unspecified atom stereocenters. The Balaban J connectivity index is 1.39. The zero-order valence-corrected chi connectivity index (χ0v) is 28.9. The van der Waals surface area contributed by atoms with E-state index < -0.39 is 0 Å². The highest BCUT2D eigenvalue weighted by Gasteiger charge is 2.35. The van der Waals surface area contributed by atoms with Crippen molar-refractivity contribution in [1.29, 1.82) is 0 Å². The van der Waals surface area contributed by atoms with Crippen LogP contribution in [0.4, 0.5) is 11.4 Å². The topological polar surface area (TPSA) is 58.9 Å². The zero-order valence-electron chi connectivity index (χ0n) is 28.1. The lowest BCUT2D eigenvalue weighted by atomic mass is 10.0. The van der Waals surface area contributed by atoms with Crippen molar-refractivity contribution in [1.82, 2.24) is 0 Å². The van der Waals surface area contributed by atoms with Crippen molar-refractivity contribution in [2.24, 2.45) is 9.98 Å². The van der Waals surface area contributed by atoms with E-state index in [1.54, 1.807) is 25.6 Å². The molecule has 6 aromatic rings. The molecule has 2 aliphatic carbocycles. The number of carbonyl (C=O) groups is 2. The van der Waals surface area contributed by atoms with Crippen LogP contribution < -0.4 is 0 Å². The number of rotatable bonds is 8. The maximum absolute atomic E-state index is 12.3. The Bertz CT molecular complexity index is 2320. The molecule has 0 amide bonds. The maximum Gasteiger partial charge on any atom is 0.159 e. The molecule has 6 aromatic carbocycles. The van der Waals surface area contributed by atoms with Gasteiger partial charge in [-0.05, 0) is 60.4 Å². The lowest BCUT2D eigenvalue weighted by Crippen LogP contribution is -2.01. The normalized spacial score (nSPS) is 15.0. The zero-order chi connectivity index (χ0) is 34.9. The molecular weight excluding hydrogens is 645 g/mol. The van der Waals surface area contributed by atoms with Crippen LogP contribution in [0.1, 0.15) is 67.9 Å². The van der Waals surface area contributed by atoms with Crippen molar-refractivity contribution >= 4 is 67.1 Å². The average Bonchev–Trinajstić information content (AvgIpc) is 3.64. The summed E-state index contributed by atoms with van der Waals surface area (Å²) in [7, 11) is 0. The monoisotopic (exact) mass is 676 g/mol. The molecule has 0 radical (unpaired) electrons. The van der Waals surface area contributed by atoms with Crippen LogP contribution in [0.5, 0.6) is 0 Å². The molecular formula is C46H32N2O2S. The van der Waals surface area contributed by atoms with Crippen LogP contribution in [-0.4, -0.2) is 23.0 Å². The predicted octanol–water partition coefficient (Wildman–Crippen LogP) is 11.5. The largest absolute Gasteiger partial charge is 0.295 e. The van der Waals surface area contributed by atoms with Crippen LogP contribution in [0, 0.1) is 0 Å². The molecule has 0 saturated heterocycles. The molecule has 4 nitrogen and oxygen atoms in total. The second-order valence-electron chi connectivity index (χ2n) is 12.5. The third-order valence-corrected chi connectivity index (χ3v) is 10.4. The summed E-state index contributed by atoms with van der Waals surface area (Å²) in [6.07, 6.45) is 0. The molecule has 244 valence electrons. The van der Waals surface area contributed by atoms with Gasteiger partial charge in [-0.2, -0.15) is 0 Å². The second-order valence-corrected chi connectivity index (χ2v) is 13.5. The molecule has 0 atom stereocenters. The Morgan fingerprint density at radius 2 is 0.804 bits per heavy atom. The first kappa shape index (κ1) is 32.1. The minimum Gasteiger partial charge on any atom is -0.295 e. The van der Waals surface area contributed by atoms with Gasteiger partial charge in [0.1, 0.15) is 0 Å². The third-order valence-electron chi connectivity index (χ3n) is 9.10. The lowest BCUT2D eigenvalue weighted by molar-refractivity contribution is 0.100. The van der Waals surface area contributed by atoms with Gasteiger partial charge in [0.2, 0.25) is 0 Å². The molecule has 0 fully saturated rings. The first-order chi connectivity index (χ1) is 25.0. The summed E-state index contributed by atoms with van der Waals surface area (Å²) in [5, 5.41) is 0. The fraction of sp³-hybridized carbons (Fsp3) is 0.0435. The van der Waals surface area contributed by atoms with Crippen LogP contribution in [0.25, 0.3) is 21.0 Å². The van der Waals surface area contributed by atoms with E-state index in [4.69, 9.17) is 9.98 Å². The minimum atomic E-state index is 0.00436. The van der Waals surface area contributed by atoms with Crippen molar-refractivity contribution in [3.8, 4) is 0 Å². The smallest absolute Gasteiger partial charge is 0.159 e. The van der Waals surface area contributed by atoms with E-state index in [1.165, 1.54) is 0 Å². The van der Waals surface area contributed by atoms with E-state index in [-0.39, 0.29) is 11.6 Å². The van der Waals surface area contributed by atoms with Gasteiger partial charge < -0.3 is 0 Å². The number of nitrogens with zero attached hydrogens (tertiary/aromatic N) is 2. The molecule has 0 bridgehead atoms. The molecule has 0 N–H and O–H groups in total. The molecule has 5 heteroatoms. The second kappa shape index (κ2) is 13.6. The predicted molar refractivity (Wildman–Crippen MR) is 212 cm³/mol. The number of thioether (sulfide) groups is 1. The highest BCUT2D eigenvalue weighted by atomic mass is 32.2. The highest BCUT2D eigenvalue weighted by Crippen LogP contribution is 2.55. The van der Waals surface area contributed by atoms with Crippen LogP contribution in [-0.2, 0) is 0 Å². The van der Waals surface area contributed by atoms with Gasteiger partial charge in [-0.1, -0.05) is 145 Å². The van der Waals surface area contributed by atoms with Crippen LogP contribution >= 0.6 is 11.8 Å².